The number of benzene rings is 1. The molecule has 0 saturated carbocycles. The molecule has 2 heterocycles. The summed E-state index contributed by atoms with van der Waals surface area (Å²) in [5, 5.41) is 3.41. The normalized spacial score (nSPS) is 16.9. The summed E-state index contributed by atoms with van der Waals surface area (Å²) in [6.07, 6.45) is 4.53. The van der Waals surface area contributed by atoms with E-state index in [1.165, 1.54) is 24.2 Å². The van der Waals surface area contributed by atoms with Crippen LogP contribution in [0.2, 0.25) is 0 Å². The van der Waals surface area contributed by atoms with E-state index in [-0.39, 0.29) is 0 Å². The first-order chi connectivity index (χ1) is 8.84. The third kappa shape index (κ3) is 2.18. The Morgan fingerprint density at radius 3 is 2.61 bits per heavy atom. The third-order valence-electron chi connectivity index (χ3n) is 3.69. The van der Waals surface area contributed by atoms with Crippen molar-refractivity contribution in [1.29, 1.82) is 0 Å². The maximum atomic E-state index is 4.84. The van der Waals surface area contributed by atoms with Crippen molar-refractivity contribution in [1.82, 2.24) is 14.9 Å². The monoisotopic (exact) mass is 241 g/mol. The van der Waals surface area contributed by atoms with Gasteiger partial charge in [-0.1, -0.05) is 30.3 Å². The Morgan fingerprint density at radius 1 is 1.17 bits per heavy atom. The first-order valence-corrected chi connectivity index (χ1v) is 6.64. The van der Waals surface area contributed by atoms with E-state index >= 15 is 0 Å². The number of aromatic nitrogens is 2. The van der Waals surface area contributed by atoms with Crippen LogP contribution in [0.3, 0.4) is 0 Å². The van der Waals surface area contributed by atoms with E-state index in [2.05, 4.69) is 47.4 Å². The number of nitrogens with one attached hydrogen (secondary N) is 1. The molecule has 2 aromatic rings. The van der Waals surface area contributed by atoms with E-state index in [1.54, 1.807) is 0 Å². The van der Waals surface area contributed by atoms with Crippen LogP contribution in [-0.2, 0) is 7.05 Å². The summed E-state index contributed by atoms with van der Waals surface area (Å²) >= 11 is 0. The van der Waals surface area contributed by atoms with Crippen molar-refractivity contribution in [3.63, 3.8) is 0 Å². The van der Waals surface area contributed by atoms with Crippen LogP contribution in [0.25, 0.3) is 11.3 Å². The van der Waals surface area contributed by atoms with E-state index in [0.717, 1.165) is 18.8 Å². The Morgan fingerprint density at radius 2 is 1.89 bits per heavy atom. The highest BCUT2D eigenvalue weighted by atomic mass is 15.1. The number of aryl methyl sites for hydroxylation is 1. The molecule has 1 aliphatic heterocycles. The molecule has 3 heteroatoms. The van der Waals surface area contributed by atoms with Gasteiger partial charge in [0.1, 0.15) is 5.82 Å². The van der Waals surface area contributed by atoms with Crippen LogP contribution in [0.4, 0.5) is 0 Å². The number of rotatable bonds is 2. The molecule has 1 aromatic heterocycles. The Labute approximate surface area is 108 Å². The van der Waals surface area contributed by atoms with Crippen LogP contribution in [0.1, 0.15) is 24.6 Å². The lowest BCUT2D eigenvalue weighted by Crippen LogP contribution is -2.27. The zero-order valence-electron chi connectivity index (χ0n) is 10.8. The van der Waals surface area contributed by atoms with Gasteiger partial charge in [-0.05, 0) is 25.9 Å². The largest absolute Gasteiger partial charge is 0.337 e. The molecule has 1 aromatic carbocycles. The highest BCUT2D eigenvalue weighted by Crippen LogP contribution is 2.27. The molecule has 3 nitrogen and oxygen atoms in total. The Kier molecular flexibility index (Phi) is 3.15. The number of imidazole rings is 1. The minimum absolute atomic E-state index is 0.605. The second-order valence-corrected chi connectivity index (χ2v) is 4.99. The average Bonchev–Trinajstić information content (AvgIpc) is 2.83. The summed E-state index contributed by atoms with van der Waals surface area (Å²) in [6.45, 7) is 2.22. The fourth-order valence-electron chi connectivity index (χ4n) is 2.69. The van der Waals surface area contributed by atoms with Gasteiger partial charge in [0.05, 0.1) is 5.69 Å². The SMILES string of the molecule is Cn1cc(-c2ccccc2)nc1C1CCNCC1. The van der Waals surface area contributed by atoms with Crippen LogP contribution >= 0.6 is 0 Å². The van der Waals surface area contributed by atoms with Gasteiger partial charge in [-0.25, -0.2) is 4.98 Å². The van der Waals surface area contributed by atoms with Crippen molar-refractivity contribution in [2.75, 3.05) is 13.1 Å². The maximum Gasteiger partial charge on any atom is 0.112 e. The van der Waals surface area contributed by atoms with E-state index in [0.29, 0.717) is 5.92 Å². The van der Waals surface area contributed by atoms with Crippen LogP contribution in [-0.4, -0.2) is 22.6 Å². The summed E-state index contributed by atoms with van der Waals surface area (Å²) in [5.41, 5.74) is 2.29. The van der Waals surface area contributed by atoms with Gasteiger partial charge in [-0.3, -0.25) is 0 Å². The summed E-state index contributed by atoms with van der Waals surface area (Å²) in [5.74, 6) is 1.84. The van der Waals surface area contributed by atoms with Crippen LogP contribution in [0.5, 0.6) is 0 Å². The first-order valence-electron chi connectivity index (χ1n) is 6.64. The fraction of sp³-hybridized carbons (Fsp3) is 0.400. The van der Waals surface area contributed by atoms with E-state index in [1.807, 2.05) is 6.07 Å². The van der Waals surface area contributed by atoms with Gasteiger partial charge in [0.2, 0.25) is 0 Å². The van der Waals surface area contributed by atoms with E-state index < -0.39 is 0 Å². The molecule has 1 fully saturated rings. The minimum Gasteiger partial charge on any atom is -0.337 e. The van der Waals surface area contributed by atoms with Gasteiger partial charge in [0, 0.05) is 24.7 Å². The van der Waals surface area contributed by atoms with Crippen LogP contribution in [0.15, 0.2) is 36.5 Å². The molecular weight excluding hydrogens is 222 g/mol. The lowest BCUT2D eigenvalue weighted by molar-refractivity contribution is 0.437. The molecule has 0 amide bonds. The topological polar surface area (TPSA) is 29.9 Å². The Bertz CT molecular complexity index is 510. The average molecular weight is 241 g/mol. The van der Waals surface area contributed by atoms with Crippen molar-refractivity contribution in [3.05, 3.63) is 42.4 Å². The molecular formula is C15H19N3. The molecule has 3 rings (SSSR count). The molecule has 0 unspecified atom stereocenters. The third-order valence-corrected chi connectivity index (χ3v) is 3.69. The van der Waals surface area contributed by atoms with Crippen molar-refractivity contribution in [3.8, 4) is 11.3 Å². The van der Waals surface area contributed by atoms with Gasteiger partial charge >= 0.3 is 0 Å². The Hall–Kier alpha value is -1.61. The molecule has 1 saturated heterocycles. The summed E-state index contributed by atoms with van der Waals surface area (Å²) in [6, 6.07) is 10.4. The van der Waals surface area contributed by atoms with Gasteiger partial charge < -0.3 is 9.88 Å². The molecule has 0 aliphatic carbocycles. The number of nitrogens with zero attached hydrogens (tertiary/aromatic N) is 2. The molecule has 0 spiro atoms. The molecule has 0 radical (unpaired) electrons. The lowest BCUT2D eigenvalue weighted by atomic mass is 9.97. The molecule has 0 bridgehead atoms. The smallest absolute Gasteiger partial charge is 0.112 e. The molecule has 18 heavy (non-hydrogen) atoms. The molecule has 1 aliphatic rings. The van der Waals surface area contributed by atoms with Crippen molar-refractivity contribution >= 4 is 0 Å². The number of hydrogen-bond acceptors (Lipinski definition) is 2. The highest BCUT2D eigenvalue weighted by molar-refractivity contribution is 5.58. The second-order valence-electron chi connectivity index (χ2n) is 4.99. The predicted molar refractivity (Wildman–Crippen MR) is 73.5 cm³/mol. The standard InChI is InChI=1S/C15H19N3/c1-18-11-14(12-5-3-2-4-6-12)17-15(18)13-7-9-16-10-8-13/h2-6,11,13,16H,7-10H2,1H3. The van der Waals surface area contributed by atoms with Crippen LogP contribution in [0, 0.1) is 0 Å². The van der Waals surface area contributed by atoms with E-state index in [9.17, 15) is 0 Å². The maximum absolute atomic E-state index is 4.84. The highest BCUT2D eigenvalue weighted by Gasteiger charge is 2.20. The van der Waals surface area contributed by atoms with Crippen molar-refractivity contribution in [2.24, 2.45) is 7.05 Å². The van der Waals surface area contributed by atoms with Crippen LogP contribution < -0.4 is 5.32 Å². The number of piperidine rings is 1. The van der Waals surface area contributed by atoms with Gasteiger partial charge in [0.25, 0.3) is 0 Å². The minimum atomic E-state index is 0.605. The summed E-state index contributed by atoms with van der Waals surface area (Å²) < 4.78 is 2.19. The van der Waals surface area contributed by atoms with Gasteiger partial charge in [-0.15, -0.1) is 0 Å². The zero-order chi connectivity index (χ0) is 12.4. The zero-order valence-corrected chi connectivity index (χ0v) is 10.8. The molecule has 94 valence electrons. The first kappa shape index (κ1) is 11.5. The Balaban J connectivity index is 1.91. The molecule has 1 N–H and O–H groups in total. The fourth-order valence-corrected chi connectivity index (χ4v) is 2.69. The van der Waals surface area contributed by atoms with Crippen molar-refractivity contribution in [2.45, 2.75) is 18.8 Å². The van der Waals surface area contributed by atoms with Gasteiger partial charge in [-0.2, -0.15) is 0 Å². The van der Waals surface area contributed by atoms with Crippen molar-refractivity contribution < 1.29 is 0 Å². The lowest BCUT2D eigenvalue weighted by Gasteiger charge is -2.21. The summed E-state index contributed by atoms with van der Waals surface area (Å²) in [4.78, 5) is 4.84. The quantitative estimate of drug-likeness (QED) is 0.875. The summed E-state index contributed by atoms with van der Waals surface area (Å²) in [7, 11) is 2.11. The van der Waals surface area contributed by atoms with E-state index in [4.69, 9.17) is 4.98 Å². The second kappa shape index (κ2) is 4.94. The van der Waals surface area contributed by atoms with Gasteiger partial charge in [0.15, 0.2) is 0 Å². The molecule has 0 atom stereocenters. The predicted octanol–water partition coefficient (Wildman–Crippen LogP) is 2.55. The number of hydrogen-bond donors (Lipinski definition) is 1.